The highest BCUT2D eigenvalue weighted by atomic mass is 14.7. The van der Waals surface area contributed by atoms with Crippen molar-refractivity contribution in [2.24, 2.45) is 17.4 Å². The maximum absolute atomic E-state index is 5.74. The van der Waals surface area contributed by atoms with Gasteiger partial charge in [-0.1, -0.05) is 18.2 Å². The van der Waals surface area contributed by atoms with Crippen LogP contribution in [0.2, 0.25) is 0 Å². The molecule has 2 unspecified atom stereocenters. The number of hydrogen-bond acceptors (Lipinski definition) is 2. The van der Waals surface area contributed by atoms with E-state index in [-0.39, 0.29) is 6.04 Å². The Bertz CT molecular complexity index is 130. The highest BCUT2D eigenvalue weighted by molar-refractivity contribution is 4.93. The van der Waals surface area contributed by atoms with E-state index in [1.807, 2.05) is 19.1 Å². The number of allylic oxidation sites excluding steroid dienone is 2. The first-order valence-corrected chi connectivity index (χ1v) is 3.95. The molecule has 0 rings (SSSR count). The molecule has 0 fully saturated rings. The van der Waals surface area contributed by atoms with E-state index in [2.05, 4.69) is 12.7 Å². The highest BCUT2D eigenvalue weighted by Crippen LogP contribution is 2.08. The molecule has 0 aliphatic heterocycles. The summed E-state index contributed by atoms with van der Waals surface area (Å²) >= 11 is 0. The molecule has 11 heavy (non-hydrogen) atoms. The lowest BCUT2D eigenvalue weighted by atomic mass is 9.97. The van der Waals surface area contributed by atoms with Crippen LogP contribution in [0.3, 0.4) is 0 Å². The van der Waals surface area contributed by atoms with Gasteiger partial charge in [0.15, 0.2) is 0 Å². The molecular formula is C9H18N2. The second-order valence-corrected chi connectivity index (χ2v) is 2.60. The maximum atomic E-state index is 5.74. The summed E-state index contributed by atoms with van der Waals surface area (Å²) in [6.45, 7) is 6.23. The first-order valence-electron chi connectivity index (χ1n) is 3.95. The third-order valence-electron chi connectivity index (χ3n) is 1.77. The maximum Gasteiger partial charge on any atom is 0.0229 e. The summed E-state index contributed by atoms with van der Waals surface area (Å²) in [6, 6.07) is 0.0451. The molecule has 0 amide bonds. The van der Waals surface area contributed by atoms with E-state index in [9.17, 15) is 0 Å². The minimum Gasteiger partial charge on any atom is -0.329 e. The normalized spacial score (nSPS) is 16.6. The molecule has 0 saturated heterocycles. The Morgan fingerprint density at radius 3 is 2.55 bits per heavy atom. The van der Waals surface area contributed by atoms with Crippen LogP contribution in [-0.2, 0) is 0 Å². The van der Waals surface area contributed by atoms with Gasteiger partial charge in [0.05, 0.1) is 0 Å². The van der Waals surface area contributed by atoms with Gasteiger partial charge in [0.2, 0.25) is 0 Å². The summed E-state index contributed by atoms with van der Waals surface area (Å²) in [6.07, 6.45) is 6.91. The molecule has 0 aromatic heterocycles. The first-order chi connectivity index (χ1) is 5.26. The van der Waals surface area contributed by atoms with Crippen LogP contribution < -0.4 is 11.5 Å². The number of hydrogen-bond donors (Lipinski definition) is 2. The Morgan fingerprint density at radius 2 is 2.18 bits per heavy atom. The van der Waals surface area contributed by atoms with Crippen molar-refractivity contribution in [1.29, 1.82) is 0 Å². The molecule has 64 valence electrons. The second-order valence-electron chi connectivity index (χ2n) is 2.60. The molecule has 0 saturated carbocycles. The van der Waals surface area contributed by atoms with Crippen LogP contribution in [0.25, 0.3) is 0 Å². The standard InChI is InChI=1S/C9H18N2/c1-3-5-6-8(4-2)9(11)7-10/h3-5,8-9H,2,6-7,10-11H2,1H3/b5-3-. The zero-order valence-electron chi connectivity index (χ0n) is 7.16. The van der Waals surface area contributed by atoms with E-state index in [1.165, 1.54) is 0 Å². The Hall–Kier alpha value is -0.600. The molecule has 0 heterocycles. The third-order valence-corrected chi connectivity index (χ3v) is 1.77. The van der Waals surface area contributed by atoms with Gasteiger partial charge in [-0.05, 0) is 19.3 Å². The summed E-state index contributed by atoms with van der Waals surface area (Å²) in [5.41, 5.74) is 11.2. The molecule has 0 radical (unpaired) electrons. The Labute approximate surface area is 69.0 Å². The summed E-state index contributed by atoms with van der Waals surface area (Å²) in [5.74, 6) is 0.316. The lowest BCUT2D eigenvalue weighted by Crippen LogP contribution is -2.36. The Kier molecular flexibility index (Phi) is 5.80. The molecule has 0 aromatic rings. The molecule has 2 atom stereocenters. The molecule has 2 heteroatoms. The van der Waals surface area contributed by atoms with Crippen molar-refractivity contribution in [3.63, 3.8) is 0 Å². The van der Waals surface area contributed by atoms with Crippen molar-refractivity contribution in [2.75, 3.05) is 6.54 Å². The molecule has 0 spiro atoms. The van der Waals surface area contributed by atoms with Gasteiger partial charge < -0.3 is 11.5 Å². The van der Waals surface area contributed by atoms with Crippen molar-refractivity contribution < 1.29 is 0 Å². The molecule has 2 nitrogen and oxygen atoms in total. The average Bonchev–Trinajstić information content (AvgIpc) is 2.05. The van der Waals surface area contributed by atoms with E-state index < -0.39 is 0 Å². The smallest absolute Gasteiger partial charge is 0.0229 e. The van der Waals surface area contributed by atoms with E-state index in [1.54, 1.807) is 0 Å². The zero-order chi connectivity index (χ0) is 8.69. The largest absolute Gasteiger partial charge is 0.329 e. The molecular weight excluding hydrogens is 136 g/mol. The summed E-state index contributed by atoms with van der Waals surface area (Å²) in [7, 11) is 0. The van der Waals surface area contributed by atoms with Gasteiger partial charge >= 0.3 is 0 Å². The van der Waals surface area contributed by atoms with Crippen LogP contribution in [0, 0.1) is 5.92 Å². The highest BCUT2D eigenvalue weighted by Gasteiger charge is 2.09. The number of rotatable bonds is 5. The molecule has 4 N–H and O–H groups in total. The molecule has 0 bridgehead atoms. The topological polar surface area (TPSA) is 52.0 Å². The fourth-order valence-electron chi connectivity index (χ4n) is 0.914. The van der Waals surface area contributed by atoms with Crippen LogP contribution in [0.4, 0.5) is 0 Å². The lowest BCUT2D eigenvalue weighted by Gasteiger charge is -2.16. The Balaban J connectivity index is 3.83. The zero-order valence-corrected chi connectivity index (χ0v) is 7.16. The SMILES string of the molecule is C=CC(C/C=C\C)C(N)CN. The van der Waals surface area contributed by atoms with Gasteiger partial charge in [-0.25, -0.2) is 0 Å². The van der Waals surface area contributed by atoms with Crippen LogP contribution in [-0.4, -0.2) is 12.6 Å². The predicted molar refractivity (Wildman–Crippen MR) is 50.1 cm³/mol. The van der Waals surface area contributed by atoms with E-state index in [0.29, 0.717) is 12.5 Å². The van der Waals surface area contributed by atoms with Crippen molar-refractivity contribution in [3.8, 4) is 0 Å². The monoisotopic (exact) mass is 154 g/mol. The molecule has 0 aliphatic carbocycles. The van der Waals surface area contributed by atoms with Crippen LogP contribution in [0.5, 0.6) is 0 Å². The lowest BCUT2D eigenvalue weighted by molar-refractivity contribution is 0.514. The minimum atomic E-state index is 0.0451. The van der Waals surface area contributed by atoms with E-state index in [0.717, 1.165) is 6.42 Å². The number of nitrogens with two attached hydrogens (primary N) is 2. The van der Waals surface area contributed by atoms with Gasteiger partial charge in [0.1, 0.15) is 0 Å². The van der Waals surface area contributed by atoms with Gasteiger partial charge in [-0.2, -0.15) is 0 Å². The predicted octanol–water partition coefficient (Wildman–Crippen LogP) is 1.04. The first kappa shape index (κ1) is 10.4. The minimum absolute atomic E-state index is 0.0451. The molecule has 0 aromatic carbocycles. The fraction of sp³-hybridized carbons (Fsp3) is 0.556. The van der Waals surface area contributed by atoms with Crippen LogP contribution in [0.1, 0.15) is 13.3 Å². The third kappa shape index (κ3) is 3.96. The van der Waals surface area contributed by atoms with Crippen molar-refractivity contribution in [1.82, 2.24) is 0 Å². The van der Waals surface area contributed by atoms with Gasteiger partial charge in [0, 0.05) is 12.6 Å². The summed E-state index contributed by atoms with van der Waals surface area (Å²) < 4.78 is 0. The van der Waals surface area contributed by atoms with E-state index in [4.69, 9.17) is 11.5 Å². The quantitative estimate of drug-likeness (QED) is 0.581. The summed E-state index contributed by atoms with van der Waals surface area (Å²) in [5, 5.41) is 0. The van der Waals surface area contributed by atoms with Crippen molar-refractivity contribution in [3.05, 3.63) is 24.8 Å². The van der Waals surface area contributed by atoms with E-state index >= 15 is 0 Å². The van der Waals surface area contributed by atoms with Gasteiger partial charge in [-0.15, -0.1) is 6.58 Å². The molecule has 0 aliphatic rings. The van der Waals surface area contributed by atoms with Crippen LogP contribution in [0.15, 0.2) is 24.8 Å². The average molecular weight is 154 g/mol. The summed E-state index contributed by atoms with van der Waals surface area (Å²) in [4.78, 5) is 0. The van der Waals surface area contributed by atoms with Gasteiger partial charge in [0.25, 0.3) is 0 Å². The van der Waals surface area contributed by atoms with Crippen LogP contribution >= 0.6 is 0 Å². The fourth-order valence-corrected chi connectivity index (χ4v) is 0.914. The van der Waals surface area contributed by atoms with Gasteiger partial charge in [-0.3, -0.25) is 0 Å². The Morgan fingerprint density at radius 1 is 1.55 bits per heavy atom. The van der Waals surface area contributed by atoms with Crippen molar-refractivity contribution in [2.45, 2.75) is 19.4 Å². The van der Waals surface area contributed by atoms with Crippen molar-refractivity contribution >= 4 is 0 Å². The second kappa shape index (κ2) is 6.13.